The molecule has 0 aromatic carbocycles. The summed E-state index contributed by atoms with van der Waals surface area (Å²) in [6, 6.07) is 0. The van der Waals surface area contributed by atoms with Gasteiger partial charge in [-0.05, 0) is 18.1 Å². The molecule has 0 amide bonds. The van der Waals surface area contributed by atoms with Crippen LogP contribution in [0, 0.1) is 0 Å². The van der Waals surface area contributed by atoms with Gasteiger partial charge in [0.1, 0.15) is 0 Å². The van der Waals surface area contributed by atoms with Gasteiger partial charge in [0.25, 0.3) is 0 Å². The lowest BCUT2D eigenvalue weighted by Crippen LogP contribution is -1.91. The van der Waals surface area contributed by atoms with Crippen molar-refractivity contribution in [3.05, 3.63) is 24.4 Å². The summed E-state index contributed by atoms with van der Waals surface area (Å²) < 4.78 is 0. The third-order valence-electron chi connectivity index (χ3n) is 1.04. The van der Waals surface area contributed by atoms with Crippen LogP contribution >= 0.6 is 0 Å². The molecule has 0 aromatic heterocycles. The molecule has 0 unspecified atom stereocenters. The predicted molar refractivity (Wildman–Crippen MR) is 38.9 cm³/mol. The van der Waals surface area contributed by atoms with E-state index in [2.05, 4.69) is 11.1 Å². The molecule has 0 saturated carbocycles. The fourth-order valence-corrected chi connectivity index (χ4v) is 0.590. The zero-order valence-electron chi connectivity index (χ0n) is 4.96. The van der Waals surface area contributed by atoms with Gasteiger partial charge in [-0.1, -0.05) is 12.2 Å². The topological polar surface area (TPSA) is 12.4 Å². The molecular weight excluding hydrogens is 96.9 g/mol. The van der Waals surface area contributed by atoms with E-state index in [9.17, 15) is 0 Å². The average molecular weight is 105 g/mol. The quantitative estimate of drug-likeness (QED) is 0.397. The fraction of sp³-hybridized carbons (Fsp3) is 0.167. The second kappa shape index (κ2) is 2.50. The second-order valence-electron chi connectivity index (χ2n) is 1.84. The highest BCUT2D eigenvalue weighted by Gasteiger charge is 1.85. The van der Waals surface area contributed by atoms with Crippen LogP contribution in [0.3, 0.4) is 0 Å². The minimum Gasteiger partial charge on any atom is -0.276 e. The molecule has 1 nitrogen and oxygen atoms in total. The molecular formula is C6H8BN. The van der Waals surface area contributed by atoms with Crippen molar-refractivity contribution in [2.75, 3.05) is 0 Å². The van der Waals surface area contributed by atoms with Gasteiger partial charge in [0.2, 0.25) is 0 Å². The van der Waals surface area contributed by atoms with Crippen molar-refractivity contribution in [2.45, 2.75) is 6.42 Å². The molecule has 2 heteroatoms. The zero-order chi connectivity index (χ0) is 5.82. The van der Waals surface area contributed by atoms with Gasteiger partial charge in [-0.2, -0.15) is 0 Å². The number of hydrogen-bond acceptors (Lipinski definition) is 1. The van der Waals surface area contributed by atoms with Gasteiger partial charge < -0.3 is 0 Å². The summed E-state index contributed by atoms with van der Waals surface area (Å²) in [5, 5.41) is 0. The van der Waals surface area contributed by atoms with Crippen molar-refractivity contribution >= 4 is 13.5 Å². The Morgan fingerprint density at radius 3 is 3.25 bits per heavy atom. The van der Waals surface area contributed by atoms with E-state index in [1.54, 1.807) is 0 Å². The fourth-order valence-electron chi connectivity index (χ4n) is 0.590. The molecule has 1 rings (SSSR count). The molecule has 0 N–H and O–H groups in total. The SMILES string of the molecule is BC1=NC=CC=CC1. The minimum absolute atomic E-state index is 0.993. The Morgan fingerprint density at radius 2 is 2.38 bits per heavy atom. The van der Waals surface area contributed by atoms with Crippen LogP contribution in [-0.2, 0) is 0 Å². The highest BCUT2D eigenvalue weighted by atomic mass is 14.7. The molecule has 0 spiro atoms. The highest BCUT2D eigenvalue weighted by molar-refractivity contribution is 6.60. The van der Waals surface area contributed by atoms with Crippen LogP contribution in [0.15, 0.2) is 29.4 Å². The third-order valence-corrected chi connectivity index (χ3v) is 1.04. The molecule has 0 aromatic rings. The van der Waals surface area contributed by atoms with Crippen molar-refractivity contribution < 1.29 is 0 Å². The smallest absolute Gasteiger partial charge is 0.158 e. The second-order valence-corrected chi connectivity index (χ2v) is 1.84. The van der Waals surface area contributed by atoms with E-state index in [1.165, 1.54) is 5.61 Å². The van der Waals surface area contributed by atoms with E-state index in [1.807, 2.05) is 26.2 Å². The van der Waals surface area contributed by atoms with Crippen LogP contribution in [-0.4, -0.2) is 13.5 Å². The molecule has 8 heavy (non-hydrogen) atoms. The summed E-state index contributed by atoms with van der Waals surface area (Å²) in [5.41, 5.74) is 1.18. The van der Waals surface area contributed by atoms with Crippen molar-refractivity contribution in [1.82, 2.24) is 0 Å². The van der Waals surface area contributed by atoms with Crippen LogP contribution in [0.25, 0.3) is 0 Å². The third kappa shape index (κ3) is 1.37. The highest BCUT2D eigenvalue weighted by Crippen LogP contribution is 1.92. The van der Waals surface area contributed by atoms with E-state index in [-0.39, 0.29) is 0 Å². The maximum absolute atomic E-state index is 4.10. The van der Waals surface area contributed by atoms with Crippen LogP contribution in [0.2, 0.25) is 0 Å². The number of aliphatic imine (C=N–C) groups is 1. The average Bonchev–Trinajstić information content (AvgIpc) is 1.94. The van der Waals surface area contributed by atoms with Gasteiger partial charge in [0, 0.05) is 6.20 Å². The summed E-state index contributed by atoms with van der Waals surface area (Å²) in [6.07, 6.45) is 8.87. The Hall–Kier alpha value is -0.785. The van der Waals surface area contributed by atoms with Gasteiger partial charge in [-0.3, -0.25) is 4.99 Å². The Morgan fingerprint density at radius 1 is 1.50 bits per heavy atom. The van der Waals surface area contributed by atoms with E-state index < -0.39 is 0 Å². The number of allylic oxidation sites excluding steroid dienone is 3. The first-order chi connectivity index (χ1) is 3.89. The summed E-state index contributed by atoms with van der Waals surface area (Å²) in [4.78, 5) is 4.10. The van der Waals surface area contributed by atoms with Gasteiger partial charge in [0.15, 0.2) is 7.85 Å². The first-order valence-corrected chi connectivity index (χ1v) is 2.74. The summed E-state index contributed by atoms with van der Waals surface area (Å²) in [5.74, 6) is 0. The van der Waals surface area contributed by atoms with E-state index in [0.29, 0.717) is 0 Å². The molecule has 40 valence electrons. The van der Waals surface area contributed by atoms with Crippen LogP contribution in [0.5, 0.6) is 0 Å². The number of rotatable bonds is 0. The van der Waals surface area contributed by atoms with Crippen molar-refractivity contribution in [1.29, 1.82) is 0 Å². The first-order valence-electron chi connectivity index (χ1n) is 2.74. The summed E-state index contributed by atoms with van der Waals surface area (Å²) >= 11 is 0. The van der Waals surface area contributed by atoms with Gasteiger partial charge in [-0.15, -0.1) is 0 Å². The Kier molecular flexibility index (Phi) is 1.68. The maximum Gasteiger partial charge on any atom is 0.158 e. The molecule has 1 aliphatic rings. The zero-order valence-corrected chi connectivity index (χ0v) is 4.96. The van der Waals surface area contributed by atoms with Crippen molar-refractivity contribution in [2.24, 2.45) is 4.99 Å². The van der Waals surface area contributed by atoms with E-state index in [4.69, 9.17) is 0 Å². The molecule has 1 aliphatic heterocycles. The maximum atomic E-state index is 4.10. The lowest BCUT2D eigenvalue weighted by Gasteiger charge is -1.85. The lowest BCUT2D eigenvalue weighted by molar-refractivity contribution is 1.48. The number of hydrogen-bond donors (Lipinski definition) is 0. The molecule has 0 fully saturated rings. The molecule has 0 bridgehead atoms. The standard InChI is InChI=1S/C6H8BN/c7-6-4-2-1-3-5-8-6/h1-3,5H,4,7H2. The molecule has 0 radical (unpaired) electrons. The van der Waals surface area contributed by atoms with E-state index >= 15 is 0 Å². The normalized spacial score (nSPS) is 17.8. The Balaban J connectivity index is 2.69. The Bertz CT molecular complexity index is 156. The van der Waals surface area contributed by atoms with Crippen molar-refractivity contribution in [3.63, 3.8) is 0 Å². The van der Waals surface area contributed by atoms with Gasteiger partial charge >= 0.3 is 0 Å². The molecule has 0 saturated heterocycles. The van der Waals surface area contributed by atoms with Gasteiger partial charge in [0.05, 0.1) is 0 Å². The monoisotopic (exact) mass is 105 g/mol. The lowest BCUT2D eigenvalue weighted by atomic mass is 9.98. The minimum atomic E-state index is 0.993. The predicted octanol–water partition coefficient (Wildman–Crippen LogP) is 0.492. The first kappa shape index (κ1) is 5.35. The van der Waals surface area contributed by atoms with Crippen LogP contribution in [0.1, 0.15) is 6.42 Å². The van der Waals surface area contributed by atoms with Crippen molar-refractivity contribution in [3.8, 4) is 0 Å². The van der Waals surface area contributed by atoms with Crippen LogP contribution < -0.4 is 0 Å². The molecule has 0 aliphatic carbocycles. The Labute approximate surface area is 50.2 Å². The molecule has 1 heterocycles. The van der Waals surface area contributed by atoms with E-state index in [0.717, 1.165) is 6.42 Å². The summed E-state index contributed by atoms with van der Waals surface area (Å²) in [6.45, 7) is 0. The number of nitrogens with zero attached hydrogens (tertiary/aromatic N) is 1. The summed E-state index contributed by atoms with van der Waals surface area (Å²) in [7, 11) is 2.03. The largest absolute Gasteiger partial charge is 0.276 e. The molecule has 0 atom stereocenters. The van der Waals surface area contributed by atoms with Crippen LogP contribution in [0.4, 0.5) is 0 Å². The van der Waals surface area contributed by atoms with Gasteiger partial charge in [-0.25, -0.2) is 0 Å².